The molecule has 0 amide bonds. The van der Waals surface area contributed by atoms with E-state index >= 15 is 0 Å². The topological polar surface area (TPSA) is 101 Å². The number of aromatic nitrogens is 2. The van der Waals surface area contributed by atoms with Gasteiger partial charge < -0.3 is 20.4 Å². The van der Waals surface area contributed by atoms with Gasteiger partial charge in [-0.3, -0.25) is 9.59 Å². The zero-order valence-corrected chi connectivity index (χ0v) is 10.7. The summed E-state index contributed by atoms with van der Waals surface area (Å²) in [6.07, 6.45) is -4.41. The average molecular weight is 303 g/mol. The summed E-state index contributed by atoms with van der Waals surface area (Å²) in [5.74, 6) is 0. The lowest BCUT2D eigenvalue weighted by atomic mass is 10.1. The minimum atomic E-state index is -4.41. The van der Waals surface area contributed by atoms with Crippen molar-refractivity contribution in [1.29, 1.82) is 0 Å². The van der Waals surface area contributed by atoms with Crippen LogP contribution in [0.5, 0.6) is 0 Å². The molecule has 0 aliphatic carbocycles. The number of halogens is 3. The first-order valence-electron chi connectivity index (χ1n) is 5.92. The van der Waals surface area contributed by atoms with Crippen molar-refractivity contribution in [2.45, 2.75) is 12.2 Å². The van der Waals surface area contributed by atoms with Gasteiger partial charge in [0.15, 0.2) is 0 Å². The Bertz CT molecular complexity index is 751. The van der Waals surface area contributed by atoms with Gasteiger partial charge >= 0.3 is 17.3 Å². The highest BCUT2D eigenvalue weighted by molar-refractivity contribution is 5.74. The lowest BCUT2D eigenvalue weighted by molar-refractivity contribution is -0.174. The first-order valence-corrected chi connectivity index (χ1v) is 5.92. The number of hydrogen-bond donors (Lipinski definition) is 3. The molecule has 1 unspecified atom stereocenters. The molecule has 0 spiro atoms. The second kappa shape index (κ2) is 5.70. The van der Waals surface area contributed by atoms with E-state index in [1.807, 2.05) is 0 Å². The standard InChI is InChI=1S/C12H12F3N3O3/c13-12(14,15)5-21-4-7(16)6-1-2-8-9(3-6)18-11(20)10(19)17-8/h1-3,7H,4-5,16H2,(H,17,19)(H,18,20). The Hall–Kier alpha value is -2.13. The number of rotatable bonds is 4. The molecule has 0 aliphatic rings. The van der Waals surface area contributed by atoms with Crippen LogP contribution in [0.4, 0.5) is 13.2 Å². The molecule has 1 aromatic heterocycles. The number of hydrogen-bond acceptors (Lipinski definition) is 4. The fraction of sp³-hybridized carbons (Fsp3) is 0.333. The Morgan fingerprint density at radius 3 is 2.38 bits per heavy atom. The van der Waals surface area contributed by atoms with Gasteiger partial charge in [-0.05, 0) is 17.7 Å². The van der Waals surface area contributed by atoms with Crippen LogP contribution in [-0.4, -0.2) is 29.4 Å². The molecule has 6 nitrogen and oxygen atoms in total. The van der Waals surface area contributed by atoms with Gasteiger partial charge in [-0.2, -0.15) is 13.2 Å². The van der Waals surface area contributed by atoms with Crippen molar-refractivity contribution in [3.8, 4) is 0 Å². The number of alkyl halides is 3. The molecule has 0 fully saturated rings. The van der Waals surface area contributed by atoms with Crippen molar-refractivity contribution in [2.24, 2.45) is 5.73 Å². The predicted octanol–water partition coefficient (Wildman–Crippen LogP) is 0.795. The Kier molecular flexibility index (Phi) is 4.14. The van der Waals surface area contributed by atoms with E-state index in [-0.39, 0.29) is 6.61 Å². The molecule has 1 heterocycles. The van der Waals surface area contributed by atoms with Crippen LogP contribution in [0, 0.1) is 0 Å². The number of benzene rings is 1. The molecular formula is C12H12F3N3O3. The number of ether oxygens (including phenoxy) is 1. The van der Waals surface area contributed by atoms with Crippen LogP contribution in [0.3, 0.4) is 0 Å². The molecule has 0 saturated heterocycles. The summed E-state index contributed by atoms with van der Waals surface area (Å²) in [5, 5.41) is 0. The summed E-state index contributed by atoms with van der Waals surface area (Å²) in [4.78, 5) is 27.1. The molecule has 0 aliphatic heterocycles. The Balaban J connectivity index is 2.16. The molecule has 21 heavy (non-hydrogen) atoms. The van der Waals surface area contributed by atoms with Gasteiger partial charge in [-0.15, -0.1) is 0 Å². The van der Waals surface area contributed by atoms with Crippen molar-refractivity contribution in [3.05, 3.63) is 44.5 Å². The third kappa shape index (κ3) is 3.92. The predicted molar refractivity (Wildman–Crippen MR) is 69.0 cm³/mol. The number of nitrogens with two attached hydrogens (primary N) is 1. The summed E-state index contributed by atoms with van der Waals surface area (Å²) in [5.41, 5.74) is 5.34. The van der Waals surface area contributed by atoms with E-state index in [2.05, 4.69) is 14.7 Å². The van der Waals surface area contributed by atoms with Crippen LogP contribution in [0.2, 0.25) is 0 Å². The lowest BCUT2D eigenvalue weighted by Crippen LogP contribution is -2.29. The van der Waals surface area contributed by atoms with Crippen LogP contribution < -0.4 is 16.9 Å². The molecule has 4 N–H and O–H groups in total. The van der Waals surface area contributed by atoms with Gasteiger partial charge in [0.2, 0.25) is 0 Å². The van der Waals surface area contributed by atoms with Crippen molar-refractivity contribution < 1.29 is 17.9 Å². The summed E-state index contributed by atoms with van der Waals surface area (Å²) >= 11 is 0. The second-order valence-corrected chi connectivity index (χ2v) is 4.45. The maximum absolute atomic E-state index is 12.0. The second-order valence-electron chi connectivity index (χ2n) is 4.45. The minimum Gasteiger partial charge on any atom is -0.370 e. The van der Waals surface area contributed by atoms with Crippen molar-refractivity contribution in [2.75, 3.05) is 13.2 Å². The van der Waals surface area contributed by atoms with Gasteiger partial charge in [0.25, 0.3) is 0 Å². The first kappa shape index (κ1) is 15.3. The SMILES string of the molecule is NC(COCC(F)(F)F)c1ccc2[nH]c(=O)c(=O)[nH]c2c1. The summed E-state index contributed by atoms with van der Waals surface area (Å²) < 4.78 is 40.4. The summed E-state index contributed by atoms with van der Waals surface area (Å²) in [7, 11) is 0. The van der Waals surface area contributed by atoms with E-state index in [0.717, 1.165) is 0 Å². The maximum atomic E-state index is 12.0. The molecule has 9 heteroatoms. The summed E-state index contributed by atoms with van der Waals surface area (Å²) in [6.45, 7) is -1.70. The van der Waals surface area contributed by atoms with Crippen LogP contribution in [0.15, 0.2) is 27.8 Å². The van der Waals surface area contributed by atoms with Crippen molar-refractivity contribution in [3.63, 3.8) is 0 Å². The maximum Gasteiger partial charge on any atom is 0.411 e. The zero-order valence-electron chi connectivity index (χ0n) is 10.7. The zero-order chi connectivity index (χ0) is 15.6. The van der Waals surface area contributed by atoms with Crippen LogP contribution in [0.1, 0.15) is 11.6 Å². The van der Waals surface area contributed by atoms with Crippen molar-refractivity contribution >= 4 is 11.0 Å². The van der Waals surface area contributed by atoms with Gasteiger partial charge in [0.1, 0.15) is 6.61 Å². The van der Waals surface area contributed by atoms with Crippen molar-refractivity contribution in [1.82, 2.24) is 9.97 Å². The number of H-pyrrole nitrogens is 2. The number of fused-ring (bicyclic) bond motifs is 1. The molecule has 1 atom stereocenters. The lowest BCUT2D eigenvalue weighted by Gasteiger charge is -2.14. The van der Waals surface area contributed by atoms with Crippen LogP contribution >= 0.6 is 0 Å². The van der Waals surface area contributed by atoms with E-state index in [4.69, 9.17) is 5.73 Å². The van der Waals surface area contributed by atoms with Gasteiger partial charge in [0, 0.05) is 0 Å². The molecule has 0 radical (unpaired) electrons. The molecule has 114 valence electrons. The molecule has 1 aromatic carbocycles. The Labute approximate surface area is 115 Å². The molecule has 2 rings (SSSR count). The van der Waals surface area contributed by atoms with Gasteiger partial charge in [-0.1, -0.05) is 6.07 Å². The van der Waals surface area contributed by atoms with Gasteiger partial charge in [-0.25, -0.2) is 0 Å². The third-order valence-corrected chi connectivity index (χ3v) is 2.74. The van der Waals surface area contributed by atoms with E-state index in [1.165, 1.54) is 18.2 Å². The highest BCUT2D eigenvalue weighted by atomic mass is 19.4. The van der Waals surface area contributed by atoms with E-state index in [9.17, 15) is 22.8 Å². The average Bonchev–Trinajstić information content (AvgIpc) is 2.38. The van der Waals surface area contributed by atoms with Gasteiger partial charge in [0.05, 0.1) is 23.7 Å². The third-order valence-electron chi connectivity index (χ3n) is 2.74. The quantitative estimate of drug-likeness (QED) is 0.727. The highest BCUT2D eigenvalue weighted by Crippen LogP contribution is 2.18. The molecule has 0 bridgehead atoms. The monoisotopic (exact) mass is 303 g/mol. The first-order chi connectivity index (χ1) is 9.76. The smallest absolute Gasteiger partial charge is 0.370 e. The minimum absolute atomic E-state index is 0.321. The van der Waals surface area contributed by atoms with E-state index < -0.39 is 29.9 Å². The van der Waals surface area contributed by atoms with Crippen LogP contribution in [0.25, 0.3) is 11.0 Å². The Morgan fingerprint density at radius 1 is 1.14 bits per heavy atom. The normalized spacial score (nSPS) is 13.5. The van der Waals surface area contributed by atoms with Crippen LogP contribution in [-0.2, 0) is 4.74 Å². The fourth-order valence-corrected chi connectivity index (χ4v) is 1.76. The Morgan fingerprint density at radius 2 is 1.76 bits per heavy atom. The number of nitrogens with one attached hydrogen (secondary N) is 2. The molecular weight excluding hydrogens is 291 g/mol. The molecule has 2 aromatic rings. The summed E-state index contributed by atoms with van der Waals surface area (Å²) in [6, 6.07) is 3.74. The van der Waals surface area contributed by atoms with E-state index in [1.54, 1.807) is 0 Å². The van der Waals surface area contributed by atoms with E-state index in [0.29, 0.717) is 16.6 Å². The highest BCUT2D eigenvalue weighted by Gasteiger charge is 2.27. The molecule has 0 saturated carbocycles. The fourth-order valence-electron chi connectivity index (χ4n) is 1.76. The largest absolute Gasteiger partial charge is 0.411 e. The number of aromatic amines is 2.